The minimum atomic E-state index is -1.35. The van der Waals surface area contributed by atoms with Gasteiger partial charge in [-0.2, -0.15) is 0 Å². The minimum Gasteiger partial charge on any atom is -0.590 e. The summed E-state index contributed by atoms with van der Waals surface area (Å²) in [5.41, 5.74) is 0. The Morgan fingerprint density at radius 2 is 1.50 bits per heavy atom. The van der Waals surface area contributed by atoms with Crippen LogP contribution >= 0.6 is 10.8 Å². The van der Waals surface area contributed by atoms with Crippen molar-refractivity contribution < 1.29 is 23.6 Å². The Labute approximate surface area is 128 Å². The number of benzene rings is 2. The van der Waals surface area contributed by atoms with E-state index in [1.54, 1.807) is 12.1 Å². The SMILES string of the molecule is CC(=O)Oc1cc2c3ccccc3[s+]([O-])c2cc1OC(C)=O. The molecule has 1 atom stereocenters. The lowest BCUT2D eigenvalue weighted by molar-refractivity contribution is -0.134. The summed E-state index contributed by atoms with van der Waals surface area (Å²) in [5, 5.41) is 1.53. The van der Waals surface area contributed by atoms with E-state index in [1.165, 1.54) is 19.9 Å². The maximum Gasteiger partial charge on any atom is 0.308 e. The predicted octanol–water partition coefficient (Wildman–Crippen LogP) is 3.57. The normalized spacial score (nSPS) is 11.7. The summed E-state index contributed by atoms with van der Waals surface area (Å²) < 4.78 is 23.9. The van der Waals surface area contributed by atoms with E-state index in [1.807, 2.05) is 18.2 Å². The fraction of sp³-hybridized carbons (Fsp3) is 0.125. The summed E-state index contributed by atoms with van der Waals surface area (Å²) in [6.07, 6.45) is 0. The third-order valence-corrected chi connectivity index (χ3v) is 4.62. The van der Waals surface area contributed by atoms with Crippen molar-refractivity contribution in [2.45, 2.75) is 13.8 Å². The lowest BCUT2D eigenvalue weighted by Crippen LogP contribution is -2.07. The number of rotatable bonds is 2. The topological polar surface area (TPSA) is 75.7 Å². The summed E-state index contributed by atoms with van der Waals surface area (Å²) >= 11 is 0. The molecule has 112 valence electrons. The smallest absolute Gasteiger partial charge is 0.308 e. The second-order valence-electron chi connectivity index (χ2n) is 4.75. The highest BCUT2D eigenvalue weighted by Crippen LogP contribution is 2.45. The lowest BCUT2D eigenvalue weighted by Gasteiger charge is -2.08. The second kappa shape index (κ2) is 5.40. The summed E-state index contributed by atoms with van der Waals surface area (Å²) in [5.74, 6) is -0.854. The maximum absolute atomic E-state index is 12.5. The van der Waals surface area contributed by atoms with Crippen LogP contribution in [-0.4, -0.2) is 16.5 Å². The van der Waals surface area contributed by atoms with Crippen molar-refractivity contribution in [3.63, 3.8) is 0 Å². The van der Waals surface area contributed by atoms with Gasteiger partial charge in [0.05, 0.1) is 5.39 Å². The van der Waals surface area contributed by atoms with E-state index in [2.05, 4.69) is 0 Å². The molecule has 0 radical (unpaired) electrons. The van der Waals surface area contributed by atoms with Gasteiger partial charge >= 0.3 is 11.9 Å². The van der Waals surface area contributed by atoms with E-state index in [0.29, 0.717) is 14.8 Å². The zero-order valence-electron chi connectivity index (χ0n) is 11.9. The number of ether oxygens (including phenoxy) is 2. The monoisotopic (exact) mass is 316 g/mol. The van der Waals surface area contributed by atoms with E-state index in [9.17, 15) is 14.1 Å². The number of thiophene rings is 1. The second-order valence-corrected chi connectivity index (χ2v) is 6.16. The van der Waals surface area contributed by atoms with Crippen LogP contribution in [-0.2, 0) is 9.59 Å². The molecule has 6 heteroatoms. The summed E-state index contributed by atoms with van der Waals surface area (Å²) in [4.78, 5) is 22.5. The minimum absolute atomic E-state index is 0.0857. The molecule has 0 fully saturated rings. The Balaban J connectivity index is 2.33. The van der Waals surface area contributed by atoms with Crippen LogP contribution in [0.2, 0.25) is 0 Å². The fourth-order valence-corrected chi connectivity index (χ4v) is 3.74. The molecule has 0 aliphatic carbocycles. The van der Waals surface area contributed by atoms with Gasteiger partial charge in [0, 0.05) is 25.3 Å². The number of hydrogen-bond acceptors (Lipinski definition) is 5. The van der Waals surface area contributed by atoms with Crippen LogP contribution in [0, 0.1) is 0 Å². The molecule has 0 bridgehead atoms. The molecule has 1 aromatic heterocycles. The van der Waals surface area contributed by atoms with Crippen LogP contribution in [0.25, 0.3) is 20.2 Å². The van der Waals surface area contributed by atoms with E-state index in [4.69, 9.17) is 9.47 Å². The van der Waals surface area contributed by atoms with Gasteiger partial charge in [0.25, 0.3) is 0 Å². The van der Waals surface area contributed by atoms with Crippen molar-refractivity contribution in [3.8, 4) is 11.5 Å². The maximum atomic E-state index is 12.5. The van der Waals surface area contributed by atoms with Gasteiger partial charge in [-0.25, -0.2) is 0 Å². The van der Waals surface area contributed by atoms with Gasteiger partial charge < -0.3 is 14.0 Å². The highest BCUT2D eigenvalue weighted by molar-refractivity contribution is 7.37. The van der Waals surface area contributed by atoms with E-state index in [0.717, 1.165) is 5.39 Å². The number of carbonyl (C=O) groups is 2. The average Bonchev–Trinajstić information content (AvgIpc) is 2.72. The van der Waals surface area contributed by atoms with Crippen molar-refractivity contribution in [1.82, 2.24) is 0 Å². The molecule has 2 aromatic carbocycles. The molecule has 3 rings (SSSR count). The fourth-order valence-electron chi connectivity index (χ4n) is 2.34. The number of carbonyl (C=O) groups excluding carboxylic acids is 2. The van der Waals surface area contributed by atoms with Crippen molar-refractivity contribution in [3.05, 3.63) is 36.4 Å². The Morgan fingerprint density at radius 1 is 0.909 bits per heavy atom. The van der Waals surface area contributed by atoms with Crippen LogP contribution in [0.5, 0.6) is 11.5 Å². The first kappa shape index (κ1) is 14.5. The molecule has 0 amide bonds. The third-order valence-electron chi connectivity index (χ3n) is 3.13. The van der Waals surface area contributed by atoms with Gasteiger partial charge in [0.1, 0.15) is 0 Å². The molecule has 0 N–H and O–H groups in total. The van der Waals surface area contributed by atoms with Crippen LogP contribution < -0.4 is 9.47 Å². The molecule has 1 unspecified atom stereocenters. The first-order valence-corrected chi connectivity index (χ1v) is 7.68. The van der Waals surface area contributed by atoms with Crippen molar-refractivity contribution >= 4 is 42.9 Å². The first-order valence-electron chi connectivity index (χ1n) is 6.53. The molecular formula is C16H12O5S. The van der Waals surface area contributed by atoms with E-state index < -0.39 is 22.7 Å². The highest BCUT2D eigenvalue weighted by Gasteiger charge is 2.21. The summed E-state index contributed by atoms with van der Waals surface area (Å²) in [6, 6.07) is 10.4. The molecular weight excluding hydrogens is 304 g/mol. The van der Waals surface area contributed by atoms with Crippen LogP contribution in [0.3, 0.4) is 0 Å². The van der Waals surface area contributed by atoms with Crippen molar-refractivity contribution in [2.24, 2.45) is 0 Å². The molecule has 0 saturated heterocycles. The zero-order valence-corrected chi connectivity index (χ0v) is 12.7. The molecule has 5 nitrogen and oxygen atoms in total. The molecule has 22 heavy (non-hydrogen) atoms. The average molecular weight is 316 g/mol. The Bertz CT molecular complexity index is 910. The van der Waals surface area contributed by atoms with Gasteiger partial charge in [0.15, 0.2) is 20.9 Å². The Kier molecular flexibility index (Phi) is 3.56. The standard InChI is InChI=1S/C16H12O5S/c1-9(17)20-13-7-12-11-5-3-4-6-15(11)22(19)16(12)8-14(13)21-10(2)18/h3-8H,1-2H3. The van der Waals surface area contributed by atoms with Crippen LogP contribution in [0.4, 0.5) is 0 Å². The van der Waals surface area contributed by atoms with Gasteiger partial charge in [-0.05, 0) is 28.9 Å². The Hall–Kier alpha value is -2.44. The number of fused-ring (bicyclic) bond motifs is 3. The van der Waals surface area contributed by atoms with Gasteiger partial charge in [-0.15, -0.1) is 0 Å². The lowest BCUT2D eigenvalue weighted by atomic mass is 10.1. The van der Waals surface area contributed by atoms with E-state index in [-0.39, 0.29) is 11.5 Å². The van der Waals surface area contributed by atoms with Crippen molar-refractivity contribution in [1.29, 1.82) is 0 Å². The molecule has 0 saturated carbocycles. The van der Waals surface area contributed by atoms with Gasteiger partial charge in [0.2, 0.25) is 0 Å². The summed E-state index contributed by atoms with van der Waals surface area (Å²) in [7, 11) is -1.35. The molecule has 3 aromatic rings. The largest absolute Gasteiger partial charge is 0.590 e. The molecule has 1 heterocycles. The Morgan fingerprint density at radius 3 is 2.14 bits per heavy atom. The number of esters is 2. The third kappa shape index (κ3) is 2.43. The first-order chi connectivity index (χ1) is 10.5. The van der Waals surface area contributed by atoms with Gasteiger partial charge in [-0.1, -0.05) is 12.1 Å². The van der Waals surface area contributed by atoms with E-state index >= 15 is 0 Å². The zero-order chi connectivity index (χ0) is 15.9. The number of hydrogen-bond donors (Lipinski definition) is 0. The molecule has 0 aliphatic heterocycles. The quantitative estimate of drug-likeness (QED) is 0.410. The molecule has 0 spiro atoms. The predicted molar refractivity (Wildman–Crippen MR) is 82.7 cm³/mol. The van der Waals surface area contributed by atoms with Gasteiger partial charge in [-0.3, -0.25) is 9.59 Å². The van der Waals surface area contributed by atoms with Crippen molar-refractivity contribution in [2.75, 3.05) is 0 Å². The molecule has 0 aliphatic rings. The summed E-state index contributed by atoms with van der Waals surface area (Å²) in [6.45, 7) is 2.51. The van der Waals surface area contributed by atoms with Crippen LogP contribution in [0.15, 0.2) is 36.4 Å². The highest BCUT2D eigenvalue weighted by atomic mass is 32.2. The van der Waals surface area contributed by atoms with Crippen LogP contribution in [0.1, 0.15) is 13.8 Å².